The van der Waals surface area contributed by atoms with E-state index in [0.717, 1.165) is 71.6 Å². The first-order valence-electron chi connectivity index (χ1n) is 20.3. The van der Waals surface area contributed by atoms with Gasteiger partial charge in [-0.2, -0.15) is 0 Å². The zero-order chi connectivity index (χ0) is 41.9. The zero-order valence-corrected chi connectivity index (χ0v) is 35.1. The SMILES string of the molecule is CCCCCCCC(CC(=O)N(CCCC)CCCC)O[C@@H]1O[C@@H](C)[C@H](OC(C)=O)[C@@H](OC(C)=O)[C@H]1O[C@@H]1O[C@@H](C)[C@H](OC(C)=O)[C@@H](OC(C)=O)[C@H]1OC(C)=O. The van der Waals surface area contributed by atoms with Crippen molar-refractivity contribution in [1.29, 1.82) is 0 Å². The van der Waals surface area contributed by atoms with Gasteiger partial charge in [-0.3, -0.25) is 28.8 Å². The molecular formula is C40H67NO15. The highest BCUT2D eigenvalue weighted by Crippen LogP contribution is 2.36. The number of carbonyl (C=O) groups is 6. The highest BCUT2D eigenvalue weighted by molar-refractivity contribution is 5.76. The molecule has 2 rings (SSSR count). The average Bonchev–Trinajstić information content (AvgIpc) is 3.10. The van der Waals surface area contributed by atoms with Gasteiger partial charge >= 0.3 is 29.8 Å². The van der Waals surface area contributed by atoms with E-state index in [1.807, 2.05) is 4.90 Å². The van der Waals surface area contributed by atoms with E-state index >= 15 is 0 Å². The predicted octanol–water partition coefficient (Wildman–Crippen LogP) is 5.08. The monoisotopic (exact) mass is 801 g/mol. The molecule has 2 aliphatic rings. The summed E-state index contributed by atoms with van der Waals surface area (Å²) in [6, 6.07) is 0. The molecule has 0 aromatic rings. The number of carbonyl (C=O) groups excluding carboxylic acids is 6. The summed E-state index contributed by atoms with van der Waals surface area (Å²) in [5.74, 6) is -3.76. The number of hydrogen-bond acceptors (Lipinski definition) is 15. The Balaban J connectivity index is 2.66. The molecule has 1 amide bonds. The molecule has 2 saturated heterocycles. The summed E-state index contributed by atoms with van der Waals surface area (Å²) in [5.41, 5.74) is 0. The fraction of sp³-hybridized carbons (Fsp3) is 0.850. The number of ether oxygens (including phenoxy) is 9. The number of nitrogens with zero attached hydrogens (tertiary/aromatic N) is 1. The maximum absolute atomic E-state index is 13.9. The highest BCUT2D eigenvalue weighted by Gasteiger charge is 2.56. The van der Waals surface area contributed by atoms with Crippen LogP contribution < -0.4 is 0 Å². The van der Waals surface area contributed by atoms with Crippen molar-refractivity contribution in [2.75, 3.05) is 13.1 Å². The van der Waals surface area contributed by atoms with E-state index < -0.39 is 97.4 Å². The van der Waals surface area contributed by atoms with Crippen LogP contribution in [0, 0.1) is 0 Å². The van der Waals surface area contributed by atoms with Gasteiger partial charge < -0.3 is 47.5 Å². The number of hydrogen-bond donors (Lipinski definition) is 0. The van der Waals surface area contributed by atoms with Crippen molar-refractivity contribution in [3.05, 3.63) is 0 Å². The van der Waals surface area contributed by atoms with Gasteiger partial charge in [-0.1, -0.05) is 65.7 Å². The summed E-state index contributed by atoms with van der Waals surface area (Å²) in [6.07, 6.45) is -4.57. The van der Waals surface area contributed by atoms with Gasteiger partial charge in [0.05, 0.1) is 24.7 Å². The van der Waals surface area contributed by atoms with Crippen LogP contribution in [0.1, 0.15) is 140 Å². The Kier molecular flexibility index (Phi) is 21.9. The summed E-state index contributed by atoms with van der Waals surface area (Å²) >= 11 is 0. The largest absolute Gasteiger partial charge is 0.456 e. The Hall–Kier alpha value is -3.34. The molecule has 2 fully saturated rings. The van der Waals surface area contributed by atoms with Crippen molar-refractivity contribution in [1.82, 2.24) is 4.90 Å². The third-order valence-electron chi connectivity index (χ3n) is 9.53. The maximum Gasteiger partial charge on any atom is 0.303 e. The lowest BCUT2D eigenvalue weighted by molar-refractivity contribution is -0.367. The Morgan fingerprint density at radius 2 is 0.929 bits per heavy atom. The first-order valence-corrected chi connectivity index (χ1v) is 20.3. The molecular weight excluding hydrogens is 734 g/mol. The van der Waals surface area contributed by atoms with Gasteiger partial charge in [0, 0.05) is 47.7 Å². The number of esters is 5. The molecule has 0 spiro atoms. The van der Waals surface area contributed by atoms with Crippen molar-refractivity contribution in [2.45, 2.75) is 207 Å². The lowest BCUT2D eigenvalue weighted by atomic mass is 9.96. The lowest BCUT2D eigenvalue weighted by Crippen LogP contribution is -2.66. The predicted molar refractivity (Wildman–Crippen MR) is 201 cm³/mol. The maximum atomic E-state index is 13.9. The summed E-state index contributed by atoms with van der Waals surface area (Å²) < 4.78 is 53.8. The van der Waals surface area contributed by atoms with Gasteiger partial charge in [-0.05, 0) is 33.1 Å². The molecule has 0 aromatic heterocycles. The van der Waals surface area contributed by atoms with Gasteiger partial charge in [-0.15, -0.1) is 0 Å². The molecule has 0 bridgehead atoms. The van der Waals surface area contributed by atoms with E-state index in [-0.39, 0.29) is 12.3 Å². The second kappa shape index (κ2) is 25.1. The molecule has 16 nitrogen and oxygen atoms in total. The number of rotatable bonds is 23. The van der Waals surface area contributed by atoms with Crippen LogP contribution in [0.25, 0.3) is 0 Å². The molecule has 16 heteroatoms. The minimum absolute atomic E-state index is 0.0411. The van der Waals surface area contributed by atoms with E-state index in [4.69, 9.17) is 42.6 Å². The second-order valence-corrected chi connectivity index (χ2v) is 14.6. The first kappa shape index (κ1) is 48.8. The summed E-state index contributed by atoms with van der Waals surface area (Å²) in [6.45, 7) is 16.5. The zero-order valence-electron chi connectivity index (χ0n) is 35.1. The minimum atomic E-state index is -1.55. The fourth-order valence-corrected chi connectivity index (χ4v) is 6.91. The molecule has 1 unspecified atom stereocenters. The van der Waals surface area contributed by atoms with Crippen LogP contribution >= 0.6 is 0 Å². The van der Waals surface area contributed by atoms with Gasteiger partial charge in [0.25, 0.3) is 0 Å². The molecule has 0 saturated carbocycles. The Bertz CT molecular complexity index is 1250. The molecule has 11 atom stereocenters. The molecule has 2 heterocycles. The van der Waals surface area contributed by atoms with Crippen LogP contribution in [0.2, 0.25) is 0 Å². The van der Waals surface area contributed by atoms with Crippen LogP contribution in [0.15, 0.2) is 0 Å². The van der Waals surface area contributed by atoms with Gasteiger partial charge in [0.1, 0.15) is 0 Å². The Morgan fingerprint density at radius 3 is 1.39 bits per heavy atom. The smallest absolute Gasteiger partial charge is 0.303 e. The topological polar surface area (TPSA) is 189 Å². The molecule has 0 aliphatic carbocycles. The standard InChI is InChI=1S/C40H67NO15/c1-11-14-17-18-19-20-31(23-32(47)41(21-15-12-2)22-16-13-3)55-39-38(36(53-29(9)45)34(24(4)48-39)51-27(7)43)56-40-37(54-30(10)46)35(52-28(8)44)33(25(5)49-40)50-26(6)42/h24-25,31,33-40H,11-23H2,1-10H3/t24-,25-,31?,33-,34-,35+,36+,37+,38+,39-,40-/m0/s1. The van der Waals surface area contributed by atoms with Crippen LogP contribution in [0.4, 0.5) is 0 Å². The molecule has 0 N–H and O–H groups in total. The van der Waals surface area contributed by atoms with Crippen molar-refractivity contribution in [2.24, 2.45) is 0 Å². The Morgan fingerprint density at radius 1 is 0.518 bits per heavy atom. The molecule has 2 aliphatic heterocycles. The molecule has 56 heavy (non-hydrogen) atoms. The van der Waals surface area contributed by atoms with E-state index in [2.05, 4.69) is 20.8 Å². The van der Waals surface area contributed by atoms with Gasteiger partial charge in [0.15, 0.2) is 49.2 Å². The van der Waals surface area contributed by atoms with Crippen LogP contribution in [0.5, 0.6) is 0 Å². The summed E-state index contributed by atoms with van der Waals surface area (Å²) in [5, 5.41) is 0. The van der Waals surface area contributed by atoms with E-state index in [9.17, 15) is 28.8 Å². The van der Waals surface area contributed by atoms with Crippen LogP contribution in [0.3, 0.4) is 0 Å². The van der Waals surface area contributed by atoms with Crippen LogP contribution in [-0.2, 0) is 71.4 Å². The van der Waals surface area contributed by atoms with E-state index in [1.54, 1.807) is 13.8 Å². The van der Waals surface area contributed by atoms with Gasteiger partial charge in [-0.25, -0.2) is 0 Å². The Labute approximate surface area is 332 Å². The fourth-order valence-electron chi connectivity index (χ4n) is 6.91. The van der Waals surface area contributed by atoms with Crippen molar-refractivity contribution >= 4 is 35.8 Å². The molecule has 322 valence electrons. The molecule has 0 radical (unpaired) electrons. The lowest BCUT2D eigenvalue weighted by Gasteiger charge is -2.48. The first-order chi connectivity index (χ1) is 26.5. The number of amides is 1. The third-order valence-corrected chi connectivity index (χ3v) is 9.53. The van der Waals surface area contributed by atoms with Crippen molar-refractivity contribution < 1.29 is 71.4 Å². The van der Waals surface area contributed by atoms with Crippen molar-refractivity contribution in [3.63, 3.8) is 0 Å². The summed E-state index contributed by atoms with van der Waals surface area (Å²) in [7, 11) is 0. The minimum Gasteiger partial charge on any atom is -0.456 e. The average molecular weight is 802 g/mol. The van der Waals surface area contributed by atoms with Gasteiger partial charge in [0.2, 0.25) is 5.91 Å². The number of unbranched alkanes of at least 4 members (excludes halogenated alkanes) is 6. The van der Waals surface area contributed by atoms with Crippen LogP contribution in [-0.4, -0.2) is 121 Å². The molecule has 0 aromatic carbocycles. The second-order valence-electron chi connectivity index (χ2n) is 14.6. The quantitative estimate of drug-likeness (QED) is 0.0755. The third kappa shape index (κ3) is 16.3. The van der Waals surface area contributed by atoms with E-state index in [0.29, 0.717) is 19.5 Å². The van der Waals surface area contributed by atoms with Crippen molar-refractivity contribution in [3.8, 4) is 0 Å². The normalized spacial score (nSPS) is 28.0. The summed E-state index contributed by atoms with van der Waals surface area (Å²) in [4.78, 5) is 77.7. The van der Waals surface area contributed by atoms with E-state index in [1.165, 1.54) is 20.8 Å². The highest BCUT2D eigenvalue weighted by atomic mass is 16.8.